The molecule has 0 saturated heterocycles. The van der Waals surface area contributed by atoms with Gasteiger partial charge in [-0.15, -0.1) is 0 Å². The van der Waals surface area contributed by atoms with Gasteiger partial charge in [-0.25, -0.2) is 8.42 Å². The Labute approximate surface area is 87.1 Å². The molecule has 0 unspecified atom stereocenters. The number of halogens is 2. The second-order valence-electron chi connectivity index (χ2n) is 2.41. The Morgan fingerprint density at radius 1 is 1.15 bits per heavy atom. The molecule has 0 radical (unpaired) electrons. The van der Waals surface area contributed by atoms with Crippen LogP contribution in [0.15, 0.2) is 30.3 Å². The lowest BCUT2D eigenvalue weighted by Crippen LogP contribution is -2.14. The van der Waals surface area contributed by atoms with Crippen molar-refractivity contribution in [3.63, 3.8) is 0 Å². The standard InChI is InChI=1S/C7H7Cl2NO2S/c8-10(9)13(11,12)6-7-4-2-1-3-5-7/h1-5H,6H2. The third-order valence-corrected chi connectivity index (χ3v) is 3.78. The topological polar surface area (TPSA) is 37.4 Å². The van der Waals surface area contributed by atoms with Crippen LogP contribution in [0, 0.1) is 0 Å². The van der Waals surface area contributed by atoms with E-state index in [1.54, 1.807) is 30.3 Å². The second-order valence-corrected chi connectivity index (χ2v) is 5.48. The van der Waals surface area contributed by atoms with Crippen molar-refractivity contribution < 1.29 is 8.42 Å². The highest BCUT2D eigenvalue weighted by atomic mass is 35.5. The lowest BCUT2D eigenvalue weighted by molar-refractivity contribution is 0.578. The van der Waals surface area contributed by atoms with Crippen molar-refractivity contribution >= 4 is 33.6 Å². The average Bonchev–Trinajstić information content (AvgIpc) is 2.05. The third kappa shape index (κ3) is 3.15. The molecular weight excluding hydrogens is 233 g/mol. The van der Waals surface area contributed by atoms with Gasteiger partial charge in [-0.2, -0.15) is 0 Å². The van der Waals surface area contributed by atoms with E-state index in [0.717, 1.165) is 0 Å². The molecule has 0 aliphatic carbocycles. The number of benzene rings is 1. The summed E-state index contributed by atoms with van der Waals surface area (Å²) >= 11 is 10.3. The van der Waals surface area contributed by atoms with Crippen LogP contribution in [0.3, 0.4) is 0 Å². The number of rotatable bonds is 3. The van der Waals surface area contributed by atoms with Gasteiger partial charge < -0.3 is 0 Å². The van der Waals surface area contributed by atoms with Gasteiger partial charge in [0.2, 0.25) is 10.0 Å². The molecule has 0 amide bonds. The summed E-state index contributed by atoms with van der Waals surface area (Å²) in [6.45, 7) is 0. The van der Waals surface area contributed by atoms with Crippen molar-refractivity contribution in [2.24, 2.45) is 0 Å². The maximum absolute atomic E-state index is 11.2. The minimum absolute atomic E-state index is 0.181. The lowest BCUT2D eigenvalue weighted by Gasteiger charge is -2.05. The molecular formula is C7H7Cl2NO2S. The summed E-state index contributed by atoms with van der Waals surface area (Å²) in [6, 6.07) is 8.67. The first kappa shape index (κ1) is 10.8. The fourth-order valence-electron chi connectivity index (χ4n) is 0.834. The quantitative estimate of drug-likeness (QED) is 0.759. The molecule has 0 spiro atoms. The van der Waals surface area contributed by atoms with Crippen LogP contribution < -0.4 is 0 Å². The molecule has 1 aromatic carbocycles. The molecule has 0 saturated carbocycles. The van der Waals surface area contributed by atoms with Crippen molar-refractivity contribution in [1.29, 1.82) is 0 Å². The largest absolute Gasteiger partial charge is 0.245 e. The summed E-state index contributed by atoms with van der Waals surface area (Å²) in [6.07, 6.45) is 0. The van der Waals surface area contributed by atoms with Crippen molar-refractivity contribution in [2.45, 2.75) is 5.75 Å². The number of nitrogens with zero attached hydrogens (tertiary/aromatic N) is 1. The summed E-state index contributed by atoms with van der Waals surface area (Å²) in [5.41, 5.74) is 0.647. The van der Waals surface area contributed by atoms with Crippen LogP contribution in [-0.2, 0) is 15.8 Å². The van der Waals surface area contributed by atoms with Crippen molar-refractivity contribution in [3.8, 4) is 0 Å². The molecule has 1 rings (SSSR count). The summed E-state index contributed by atoms with van der Waals surface area (Å²) < 4.78 is 22.5. The summed E-state index contributed by atoms with van der Waals surface area (Å²) in [5.74, 6) is -0.194. The highest BCUT2D eigenvalue weighted by Crippen LogP contribution is 2.14. The molecule has 0 aromatic heterocycles. The predicted molar refractivity (Wildman–Crippen MR) is 52.6 cm³/mol. The van der Waals surface area contributed by atoms with Crippen molar-refractivity contribution in [1.82, 2.24) is 3.34 Å². The Kier molecular flexibility index (Phi) is 3.55. The molecule has 0 heterocycles. The van der Waals surface area contributed by atoms with Crippen LogP contribution in [0.4, 0.5) is 0 Å². The van der Waals surface area contributed by atoms with Crippen LogP contribution in [-0.4, -0.2) is 11.8 Å². The molecule has 13 heavy (non-hydrogen) atoms. The third-order valence-electron chi connectivity index (χ3n) is 1.40. The second kappa shape index (κ2) is 4.28. The monoisotopic (exact) mass is 239 g/mol. The van der Waals surface area contributed by atoms with Gasteiger partial charge in [0.25, 0.3) is 0 Å². The van der Waals surface area contributed by atoms with Gasteiger partial charge in [0.05, 0.1) is 5.75 Å². The number of hydrogen-bond donors (Lipinski definition) is 0. The van der Waals surface area contributed by atoms with E-state index in [-0.39, 0.29) is 9.10 Å². The summed E-state index contributed by atoms with van der Waals surface area (Å²) in [4.78, 5) is 0. The van der Waals surface area contributed by atoms with E-state index in [0.29, 0.717) is 5.56 Å². The zero-order valence-corrected chi connectivity index (χ0v) is 8.85. The molecule has 6 heteroatoms. The van der Waals surface area contributed by atoms with E-state index in [1.165, 1.54) is 0 Å². The summed E-state index contributed by atoms with van der Waals surface area (Å²) in [7, 11) is -3.59. The molecule has 0 N–H and O–H groups in total. The SMILES string of the molecule is O=S(=O)(Cc1ccccc1)N(Cl)Cl. The minimum Gasteiger partial charge on any atom is -0.209 e. The van der Waals surface area contributed by atoms with Crippen LogP contribution in [0.25, 0.3) is 0 Å². The normalized spacial score (nSPS) is 11.9. The molecule has 0 fully saturated rings. The van der Waals surface area contributed by atoms with Gasteiger partial charge >= 0.3 is 0 Å². The maximum Gasteiger partial charge on any atom is 0.245 e. The zero-order chi connectivity index (χ0) is 9.90. The fourth-order valence-corrected chi connectivity index (χ4v) is 1.84. The van der Waals surface area contributed by atoms with Crippen LogP contribution in [0.2, 0.25) is 0 Å². The van der Waals surface area contributed by atoms with E-state index in [9.17, 15) is 8.42 Å². The smallest absolute Gasteiger partial charge is 0.209 e. The fraction of sp³-hybridized carbons (Fsp3) is 0.143. The van der Waals surface area contributed by atoms with Crippen molar-refractivity contribution in [2.75, 3.05) is 0 Å². The molecule has 0 atom stereocenters. The highest BCUT2D eigenvalue weighted by molar-refractivity contribution is 7.90. The zero-order valence-electron chi connectivity index (χ0n) is 6.52. The van der Waals surface area contributed by atoms with E-state index in [4.69, 9.17) is 23.6 Å². The van der Waals surface area contributed by atoms with Gasteiger partial charge in [0.15, 0.2) is 0 Å². The lowest BCUT2D eigenvalue weighted by atomic mass is 10.2. The van der Waals surface area contributed by atoms with Crippen LogP contribution in [0.5, 0.6) is 0 Å². The molecule has 0 aliphatic heterocycles. The van der Waals surface area contributed by atoms with E-state index >= 15 is 0 Å². The van der Waals surface area contributed by atoms with Gasteiger partial charge in [0, 0.05) is 23.6 Å². The molecule has 3 nitrogen and oxygen atoms in total. The Morgan fingerprint density at radius 3 is 2.15 bits per heavy atom. The number of sulfonamides is 1. The summed E-state index contributed by atoms with van der Waals surface area (Å²) in [5, 5.41) is 0. The van der Waals surface area contributed by atoms with Gasteiger partial charge in [-0.05, 0) is 8.91 Å². The molecule has 1 aromatic rings. The van der Waals surface area contributed by atoms with Gasteiger partial charge in [0.1, 0.15) is 0 Å². The van der Waals surface area contributed by atoms with E-state index in [2.05, 4.69) is 0 Å². The van der Waals surface area contributed by atoms with E-state index < -0.39 is 10.0 Å². The Bertz CT molecular complexity index is 363. The average molecular weight is 240 g/mol. The van der Waals surface area contributed by atoms with Gasteiger partial charge in [-0.3, -0.25) is 0 Å². The Hall–Kier alpha value is -0.290. The minimum atomic E-state index is -3.59. The van der Waals surface area contributed by atoms with Gasteiger partial charge in [-0.1, -0.05) is 30.3 Å². The number of hydrogen-bond acceptors (Lipinski definition) is 2. The predicted octanol–water partition coefficient (Wildman–Crippen LogP) is 2.13. The molecule has 0 bridgehead atoms. The first-order valence-corrected chi connectivity index (χ1v) is 5.69. The van der Waals surface area contributed by atoms with Crippen molar-refractivity contribution in [3.05, 3.63) is 35.9 Å². The van der Waals surface area contributed by atoms with Crippen LogP contribution >= 0.6 is 23.6 Å². The molecule has 0 aliphatic rings. The van der Waals surface area contributed by atoms with Crippen LogP contribution in [0.1, 0.15) is 5.56 Å². The Morgan fingerprint density at radius 2 is 1.69 bits per heavy atom. The maximum atomic E-state index is 11.2. The van der Waals surface area contributed by atoms with E-state index in [1.807, 2.05) is 0 Å². The highest BCUT2D eigenvalue weighted by Gasteiger charge is 2.18. The first-order chi connectivity index (χ1) is 6.02. The first-order valence-electron chi connectivity index (χ1n) is 3.41. The molecule has 72 valence electrons. The Balaban J connectivity index is 2.82.